The highest BCUT2D eigenvalue weighted by atomic mass is 32.2. The van der Waals surface area contributed by atoms with E-state index in [1.807, 2.05) is 31.4 Å². The summed E-state index contributed by atoms with van der Waals surface area (Å²) in [6, 6.07) is 5.50. The summed E-state index contributed by atoms with van der Waals surface area (Å²) in [6.07, 6.45) is 7.73. The molecule has 25 heavy (non-hydrogen) atoms. The molecule has 1 aliphatic carbocycles. The summed E-state index contributed by atoms with van der Waals surface area (Å²) in [6.45, 7) is 4.23. The number of hydrogen-bond donors (Lipinski definition) is 1. The van der Waals surface area contributed by atoms with Crippen molar-refractivity contribution >= 4 is 21.4 Å². The number of nitrogens with one attached hydrogen (secondary N) is 1. The van der Waals surface area contributed by atoms with Gasteiger partial charge < -0.3 is 0 Å². The molecular weight excluding hydrogens is 352 g/mol. The maximum Gasteiger partial charge on any atom is 0.240 e. The standard InChI is InChI=1S/C19H24N2O2S2/c1-14-8-9-17(18-13-24-15(2)21-18)12-19(14)25(22,23)20-11-10-16-6-4-3-5-7-16/h6,8-9,12-13,20H,3-5,7,10-11H2,1-2H3. The van der Waals surface area contributed by atoms with Gasteiger partial charge in [0.15, 0.2) is 0 Å². The van der Waals surface area contributed by atoms with Crippen LogP contribution in [0, 0.1) is 13.8 Å². The Hall–Kier alpha value is -1.50. The van der Waals surface area contributed by atoms with E-state index < -0.39 is 10.0 Å². The number of thiazole rings is 1. The van der Waals surface area contributed by atoms with Gasteiger partial charge in [0.05, 0.1) is 15.6 Å². The quantitative estimate of drug-likeness (QED) is 0.750. The number of allylic oxidation sites excluding steroid dienone is 1. The highest BCUT2D eigenvalue weighted by Gasteiger charge is 2.18. The predicted molar refractivity (Wildman–Crippen MR) is 103 cm³/mol. The lowest BCUT2D eigenvalue weighted by atomic mass is 9.97. The number of aryl methyl sites for hydroxylation is 2. The largest absolute Gasteiger partial charge is 0.242 e. The van der Waals surface area contributed by atoms with Crippen molar-refractivity contribution in [2.24, 2.45) is 0 Å². The number of benzene rings is 1. The molecule has 0 atom stereocenters. The molecule has 6 heteroatoms. The van der Waals surface area contributed by atoms with Crippen molar-refractivity contribution in [1.29, 1.82) is 0 Å². The predicted octanol–water partition coefficient (Wildman–Crippen LogP) is 4.60. The van der Waals surface area contributed by atoms with Gasteiger partial charge in [-0.3, -0.25) is 0 Å². The molecule has 0 bridgehead atoms. The third-order valence-electron chi connectivity index (χ3n) is 4.52. The van der Waals surface area contributed by atoms with Crippen molar-refractivity contribution in [1.82, 2.24) is 9.71 Å². The van der Waals surface area contributed by atoms with Crippen molar-refractivity contribution in [2.45, 2.75) is 50.8 Å². The van der Waals surface area contributed by atoms with Gasteiger partial charge in [-0.1, -0.05) is 23.8 Å². The highest BCUT2D eigenvalue weighted by Crippen LogP contribution is 2.26. The van der Waals surface area contributed by atoms with Crippen LogP contribution >= 0.6 is 11.3 Å². The molecule has 1 aromatic carbocycles. The second kappa shape index (κ2) is 7.81. The van der Waals surface area contributed by atoms with Gasteiger partial charge in [-0.2, -0.15) is 0 Å². The minimum Gasteiger partial charge on any atom is -0.242 e. The van der Waals surface area contributed by atoms with E-state index in [1.165, 1.54) is 18.4 Å². The Morgan fingerprint density at radius 2 is 2.08 bits per heavy atom. The number of nitrogens with zero attached hydrogens (tertiary/aromatic N) is 1. The van der Waals surface area contributed by atoms with Crippen molar-refractivity contribution in [3.05, 3.63) is 45.8 Å². The van der Waals surface area contributed by atoms with Crippen LogP contribution in [0.1, 0.15) is 42.7 Å². The Bertz CT molecular complexity index is 883. The summed E-state index contributed by atoms with van der Waals surface area (Å²) in [5, 5.41) is 2.93. The van der Waals surface area contributed by atoms with Gasteiger partial charge in [-0.05, 0) is 57.6 Å². The molecule has 1 aromatic heterocycles. The Morgan fingerprint density at radius 3 is 2.76 bits per heavy atom. The molecule has 1 aliphatic rings. The van der Waals surface area contributed by atoms with Gasteiger partial charge in [0.2, 0.25) is 10.0 Å². The Morgan fingerprint density at radius 1 is 1.24 bits per heavy atom. The summed E-state index contributed by atoms with van der Waals surface area (Å²) >= 11 is 1.56. The first-order chi connectivity index (χ1) is 12.0. The molecule has 0 fully saturated rings. The smallest absolute Gasteiger partial charge is 0.240 e. The minimum atomic E-state index is -3.52. The van der Waals surface area contributed by atoms with Gasteiger partial charge in [0, 0.05) is 17.5 Å². The normalized spacial score (nSPS) is 15.2. The third-order valence-corrected chi connectivity index (χ3v) is 6.89. The first-order valence-corrected chi connectivity index (χ1v) is 11.0. The van der Waals surface area contributed by atoms with E-state index in [2.05, 4.69) is 15.8 Å². The lowest BCUT2D eigenvalue weighted by Crippen LogP contribution is -2.26. The van der Waals surface area contributed by atoms with Gasteiger partial charge in [-0.15, -0.1) is 11.3 Å². The average Bonchev–Trinajstić information content (AvgIpc) is 3.02. The molecule has 4 nitrogen and oxygen atoms in total. The second-order valence-corrected chi connectivity index (χ2v) is 9.29. The van der Waals surface area contributed by atoms with Crippen molar-refractivity contribution in [3.63, 3.8) is 0 Å². The number of aromatic nitrogens is 1. The zero-order chi connectivity index (χ0) is 17.9. The fraction of sp³-hybridized carbons (Fsp3) is 0.421. The fourth-order valence-electron chi connectivity index (χ4n) is 3.10. The van der Waals surface area contributed by atoms with E-state index in [0.29, 0.717) is 11.4 Å². The molecule has 0 saturated heterocycles. The first-order valence-electron chi connectivity index (χ1n) is 8.66. The number of rotatable bonds is 6. The molecule has 0 amide bonds. The van der Waals surface area contributed by atoms with Crippen LogP contribution in [0.3, 0.4) is 0 Å². The van der Waals surface area contributed by atoms with E-state index in [-0.39, 0.29) is 0 Å². The summed E-state index contributed by atoms with van der Waals surface area (Å²) in [7, 11) is -3.52. The van der Waals surface area contributed by atoms with Crippen LogP contribution in [0.25, 0.3) is 11.3 Å². The van der Waals surface area contributed by atoms with Crippen molar-refractivity contribution in [3.8, 4) is 11.3 Å². The zero-order valence-electron chi connectivity index (χ0n) is 14.7. The number of hydrogen-bond acceptors (Lipinski definition) is 4. The van der Waals surface area contributed by atoms with Crippen LogP contribution in [0.5, 0.6) is 0 Å². The van der Waals surface area contributed by atoms with Crippen LogP contribution in [0.4, 0.5) is 0 Å². The van der Waals surface area contributed by atoms with Crippen LogP contribution in [-0.4, -0.2) is 19.9 Å². The van der Waals surface area contributed by atoms with Crippen LogP contribution < -0.4 is 4.72 Å². The first kappa shape index (κ1) is 18.3. The van der Waals surface area contributed by atoms with Gasteiger partial charge in [0.1, 0.15) is 0 Å². The Labute approximate surface area is 154 Å². The summed E-state index contributed by atoms with van der Waals surface area (Å²) in [5.41, 5.74) is 3.79. The molecule has 1 heterocycles. The van der Waals surface area contributed by atoms with Crippen LogP contribution in [0.2, 0.25) is 0 Å². The van der Waals surface area contributed by atoms with Gasteiger partial charge in [0.25, 0.3) is 0 Å². The molecular formula is C19H24N2O2S2. The minimum absolute atomic E-state index is 0.341. The van der Waals surface area contributed by atoms with Crippen LogP contribution in [0.15, 0.2) is 40.1 Å². The SMILES string of the molecule is Cc1nc(-c2ccc(C)c(S(=O)(=O)NCCC3=CCCCC3)c2)cs1. The monoisotopic (exact) mass is 376 g/mol. The molecule has 0 radical (unpaired) electrons. The molecule has 134 valence electrons. The molecule has 1 N–H and O–H groups in total. The van der Waals surface area contributed by atoms with Crippen molar-refractivity contribution in [2.75, 3.05) is 6.54 Å². The van der Waals surface area contributed by atoms with E-state index in [0.717, 1.165) is 41.1 Å². The maximum atomic E-state index is 12.7. The van der Waals surface area contributed by atoms with E-state index in [4.69, 9.17) is 0 Å². The van der Waals surface area contributed by atoms with Gasteiger partial charge >= 0.3 is 0 Å². The summed E-state index contributed by atoms with van der Waals surface area (Å²) in [5.74, 6) is 0. The highest BCUT2D eigenvalue weighted by molar-refractivity contribution is 7.89. The summed E-state index contributed by atoms with van der Waals surface area (Å²) < 4.78 is 28.2. The Balaban J connectivity index is 1.75. The average molecular weight is 377 g/mol. The van der Waals surface area contributed by atoms with E-state index >= 15 is 0 Å². The molecule has 3 rings (SSSR count). The topological polar surface area (TPSA) is 59.1 Å². The second-order valence-electron chi connectivity index (χ2n) is 6.49. The zero-order valence-corrected chi connectivity index (χ0v) is 16.3. The maximum absolute atomic E-state index is 12.7. The van der Waals surface area contributed by atoms with Gasteiger partial charge in [-0.25, -0.2) is 18.1 Å². The van der Waals surface area contributed by atoms with Crippen LogP contribution in [-0.2, 0) is 10.0 Å². The van der Waals surface area contributed by atoms with Crippen molar-refractivity contribution < 1.29 is 8.42 Å². The molecule has 0 unspecified atom stereocenters. The molecule has 0 saturated carbocycles. The molecule has 0 aliphatic heterocycles. The fourth-order valence-corrected chi connectivity index (χ4v) is 5.02. The lowest BCUT2D eigenvalue weighted by Gasteiger charge is -2.14. The summed E-state index contributed by atoms with van der Waals surface area (Å²) in [4.78, 5) is 4.79. The van der Waals surface area contributed by atoms with E-state index in [9.17, 15) is 8.42 Å². The third kappa shape index (κ3) is 4.57. The molecule has 2 aromatic rings. The lowest BCUT2D eigenvalue weighted by molar-refractivity contribution is 0.579. The number of sulfonamides is 1. The molecule has 0 spiro atoms. The van der Waals surface area contributed by atoms with E-state index in [1.54, 1.807) is 17.4 Å². The Kier molecular flexibility index (Phi) is 5.71.